The first-order valence-corrected chi connectivity index (χ1v) is 15.8. The molecule has 2 rings (SSSR count). The molecule has 9 nitrogen and oxygen atoms in total. The second-order valence-corrected chi connectivity index (χ2v) is 13.1. The number of carbonyl (C=O) groups is 2. The third-order valence-electron chi connectivity index (χ3n) is 8.99. The van der Waals surface area contributed by atoms with E-state index in [1.807, 2.05) is 34.6 Å². The quantitative estimate of drug-likeness (QED) is 0.217. The average molecular weight is 654 g/mol. The molecule has 2 aliphatic heterocycles. The van der Waals surface area contributed by atoms with Gasteiger partial charge in [-0.1, -0.05) is 0 Å². The number of nitrogens with zero attached hydrogens (tertiary/aromatic N) is 1. The van der Waals surface area contributed by atoms with Crippen LogP contribution in [-0.4, -0.2) is 77.4 Å². The van der Waals surface area contributed by atoms with E-state index in [0.29, 0.717) is 6.42 Å². The minimum absolute atomic E-state index is 0.124. The van der Waals surface area contributed by atoms with Crippen LogP contribution in [0.15, 0.2) is 3.21 Å². The van der Waals surface area contributed by atoms with Gasteiger partial charge in [0.2, 0.25) is 0 Å². The Morgan fingerprint density at radius 2 is 1.82 bits per heavy atom. The van der Waals surface area contributed by atoms with Crippen LogP contribution in [0.5, 0.6) is 0 Å². The molecule has 0 bridgehead atoms. The number of ketones is 1. The number of piperidine rings is 1. The van der Waals surface area contributed by atoms with Crippen molar-refractivity contribution < 1.29 is 54.2 Å². The number of rotatable bonds is 5. The second kappa shape index (κ2) is 14.3. The maximum absolute atomic E-state index is 13.3. The fraction of sp³-hybridized carbons (Fsp3) is 0.893. The molecule has 0 unspecified atom stereocenters. The number of methoxy groups -OCH3 is 1. The summed E-state index contributed by atoms with van der Waals surface area (Å²) in [6.07, 6.45) is 0.762. The number of hydrogen-bond donors (Lipinski definition) is 3. The van der Waals surface area contributed by atoms with Crippen molar-refractivity contribution in [3.05, 3.63) is 0 Å². The van der Waals surface area contributed by atoms with Crippen molar-refractivity contribution in [2.45, 2.75) is 111 Å². The zero-order chi connectivity index (χ0) is 28.8. The summed E-state index contributed by atoms with van der Waals surface area (Å²) in [4.78, 5) is 26.4. The number of nitrogens with one attached hydrogen (secondary N) is 1. The molecule has 0 radical (unpaired) electrons. The Balaban J connectivity index is 2.51. The summed E-state index contributed by atoms with van der Waals surface area (Å²) in [5.41, 5.74) is -1.71. The van der Waals surface area contributed by atoms with Crippen LogP contribution in [0.4, 0.5) is 0 Å². The number of hydrogen-bond acceptors (Lipinski definition) is 9. The summed E-state index contributed by atoms with van der Waals surface area (Å²) >= 11 is -1.01. The van der Waals surface area contributed by atoms with Crippen LogP contribution in [0.1, 0.15) is 81.1 Å². The molecule has 38 heavy (non-hydrogen) atoms. The van der Waals surface area contributed by atoms with E-state index in [1.54, 1.807) is 21.0 Å². The van der Waals surface area contributed by atoms with E-state index >= 15 is 0 Å². The molecular weight excluding hydrogens is 603 g/mol. The summed E-state index contributed by atoms with van der Waals surface area (Å²) in [6, 6.07) is 0. The number of Topliss-reactive ketones (excluding diaryl/α,β-unsaturated/α-hetero) is 1. The fourth-order valence-corrected chi connectivity index (χ4v) is 7.80. The molecule has 0 aromatic heterocycles. The third-order valence-corrected chi connectivity index (χ3v) is 10.7. The van der Waals surface area contributed by atoms with Gasteiger partial charge in [0.25, 0.3) is 0 Å². The summed E-state index contributed by atoms with van der Waals surface area (Å²) in [5.74, 6) is -3.24. The van der Waals surface area contributed by atoms with Gasteiger partial charge in [-0.25, -0.2) is 0 Å². The van der Waals surface area contributed by atoms with Crippen molar-refractivity contribution in [1.29, 1.82) is 0 Å². The molecule has 0 aliphatic carbocycles. The molecule has 0 amide bonds. The Labute approximate surface area is 240 Å². The molecular formula is C28H50IN2O7-. The zero-order valence-corrected chi connectivity index (χ0v) is 26.8. The number of cyclic esters (lactones) is 1. The van der Waals surface area contributed by atoms with Gasteiger partial charge in [-0.05, 0) is 0 Å². The van der Waals surface area contributed by atoms with E-state index < -0.39 is 69.0 Å². The van der Waals surface area contributed by atoms with Crippen molar-refractivity contribution in [3.8, 4) is 0 Å². The predicted molar refractivity (Wildman–Crippen MR) is 142 cm³/mol. The SMILES string of the molecule is CC[C@H]1OC(=O)[C@H](C)C(=O)[C@H](C)[C@@H](C)[C@](C)(OC)C[C@@H](C)/C(=N\[I-]O[C@@H]2CCCNC2)[C@H](C)[C@@H](O)[C@]1(C)O. The van der Waals surface area contributed by atoms with Crippen LogP contribution in [0.3, 0.4) is 0 Å². The summed E-state index contributed by atoms with van der Waals surface area (Å²) < 4.78 is 22.8. The molecule has 2 aliphatic rings. The standard InChI is InChI=1S/C28H50IN2O7/c1-10-22-28(8,35)25(33)18(4)23(31-29-38-21-12-11-13-30-15-21)16(2)14-27(7,36-9)20(6)17(3)24(32)19(5)26(34)37-22/h16-22,25,30,33,35H,10-15H2,1-9H3/q-1/b31-23+/t16-,17-,18+,19-,20-,21-,22-,25-,27-,28-/m1/s1. The van der Waals surface area contributed by atoms with Crippen LogP contribution >= 0.6 is 0 Å². The molecule has 0 aromatic rings. The zero-order valence-electron chi connectivity index (χ0n) is 24.6. The molecule has 10 heteroatoms. The Morgan fingerprint density at radius 3 is 2.37 bits per heavy atom. The number of carbonyl (C=O) groups excluding carboxylic acids is 2. The monoisotopic (exact) mass is 653 g/mol. The van der Waals surface area contributed by atoms with Crippen LogP contribution in [0.25, 0.3) is 0 Å². The minimum atomic E-state index is -1.76. The number of ether oxygens (including phenoxy) is 2. The van der Waals surface area contributed by atoms with Crippen molar-refractivity contribution in [3.63, 3.8) is 0 Å². The van der Waals surface area contributed by atoms with Gasteiger partial charge in [0.1, 0.15) is 0 Å². The van der Waals surface area contributed by atoms with Gasteiger partial charge in [-0.2, -0.15) is 0 Å². The van der Waals surface area contributed by atoms with Gasteiger partial charge in [-0.15, -0.1) is 0 Å². The number of aliphatic hydroxyl groups excluding tert-OH is 1. The van der Waals surface area contributed by atoms with Gasteiger partial charge >= 0.3 is 241 Å². The number of halogens is 1. The van der Waals surface area contributed by atoms with Crippen molar-refractivity contribution in [2.75, 3.05) is 20.2 Å². The van der Waals surface area contributed by atoms with Gasteiger partial charge < -0.3 is 0 Å². The van der Waals surface area contributed by atoms with E-state index in [0.717, 1.165) is 31.6 Å². The van der Waals surface area contributed by atoms with Gasteiger partial charge in [-0.3, -0.25) is 0 Å². The van der Waals surface area contributed by atoms with Crippen LogP contribution < -0.4 is 27.2 Å². The number of esters is 1. The first-order valence-electron chi connectivity index (χ1n) is 14.0. The summed E-state index contributed by atoms with van der Waals surface area (Å²) in [5, 5.41) is 26.3. The molecule has 3 N–H and O–H groups in total. The summed E-state index contributed by atoms with van der Waals surface area (Å²) in [7, 11) is 1.64. The molecule has 222 valence electrons. The molecule has 2 heterocycles. The van der Waals surface area contributed by atoms with E-state index in [2.05, 4.69) is 5.32 Å². The molecule has 2 fully saturated rings. The van der Waals surface area contributed by atoms with E-state index in [1.165, 1.54) is 6.92 Å². The van der Waals surface area contributed by atoms with E-state index in [9.17, 15) is 19.8 Å². The van der Waals surface area contributed by atoms with Crippen molar-refractivity contribution in [2.24, 2.45) is 32.8 Å². The maximum atomic E-state index is 13.3. The van der Waals surface area contributed by atoms with Crippen molar-refractivity contribution >= 4 is 17.5 Å². The molecule has 10 atom stereocenters. The van der Waals surface area contributed by atoms with E-state index in [-0.39, 0.29) is 30.1 Å². The normalized spacial score (nSPS) is 43.6. The topological polar surface area (TPSA) is 127 Å². The van der Waals surface area contributed by atoms with Gasteiger partial charge in [0.15, 0.2) is 0 Å². The fourth-order valence-electron chi connectivity index (χ4n) is 5.79. The third kappa shape index (κ3) is 7.75. The Morgan fingerprint density at radius 1 is 1.16 bits per heavy atom. The Hall–Kier alpha value is -0.660. The molecule has 0 aromatic carbocycles. The Kier molecular flexibility index (Phi) is 12.6. The van der Waals surface area contributed by atoms with Crippen LogP contribution in [0.2, 0.25) is 0 Å². The Bertz CT molecular complexity index is 832. The van der Waals surface area contributed by atoms with Crippen LogP contribution in [0, 0.1) is 29.6 Å². The van der Waals surface area contributed by atoms with Crippen molar-refractivity contribution in [1.82, 2.24) is 5.32 Å². The summed E-state index contributed by atoms with van der Waals surface area (Å²) in [6.45, 7) is 16.3. The molecule has 0 saturated carbocycles. The first-order chi connectivity index (χ1) is 17.7. The molecule has 0 spiro atoms. The molecule has 2 saturated heterocycles. The van der Waals surface area contributed by atoms with Gasteiger partial charge in [0.05, 0.1) is 0 Å². The van der Waals surface area contributed by atoms with Crippen LogP contribution in [-0.2, 0) is 22.1 Å². The van der Waals surface area contributed by atoms with E-state index in [4.69, 9.17) is 15.7 Å². The first kappa shape index (κ1) is 33.5. The second-order valence-electron chi connectivity index (χ2n) is 11.8. The average Bonchev–Trinajstić information content (AvgIpc) is 2.91. The predicted octanol–water partition coefficient (Wildman–Crippen LogP) is 0.107. The van der Waals surface area contributed by atoms with Gasteiger partial charge in [0, 0.05) is 0 Å². The number of aliphatic hydroxyl groups is 2.